The molecule has 0 fully saturated rings. The molecule has 0 spiro atoms. The molecule has 1 rings (SSSR count). The van der Waals surface area contributed by atoms with Gasteiger partial charge in [-0.1, -0.05) is 0 Å². The Morgan fingerprint density at radius 1 is 1.62 bits per heavy atom. The number of carboxylic acid groups (broad SMARTS) is 1. The van der Waals surface area contributed by atoms with Gasteiger partial charge in [-0.3, -0.25) is 14.9 Å². The van der Waals surface area contributed by atoms with Gasteiger partial charge in [-0.15, -0.1) is 0 Å². The van der Waals surface area contributed by atoms with Crippen molar-refractivity contribution in [1.29, 1.82) is 0 Å². The van der Waals surface area contributed by atoms with E-state index in [1.807, 2.05) is 0 Å². The van der Waals surface area contributed by atoms with Gasteiger partial charge in [-0.2, -0.15) is 0 Å². The molecule has 7 nitrogen and oxygen atoms in total. The van der Waals surface area contributed by atoms with Gasteiger partial charge in [-0.25, -0.2) is 0 Å². The Kier molecular flexibility index (Phi) is 3.29. The second-order valence-corrected chi connectivity index (χ2v) is 3.23. The maximum atomic E-state index is 10.6. The first kappa shape index (κ1) is 11.8. The van der Waals surface area contributed by atoms with Crippen molar-refractivity contribution in [3.05, 3.63) is 28.3 Å². The molecular formula is C9H11N3O4. The summed E-state index contributed by atoms with van der Waals surface area (Å²) >= 11 is 0. The van der Waals surface area contributed by atoms with Gasteiger partial charge in [0.1, 0.15) is 11.7 Å². The maximum Gasteiger partial charge on any atom is 0.325 e. The lowest BCUT2D eigenvalue weighted by Crippen LogP contribution is -2.25. The van der Waals surface area contributed by atoms with Gasteiger partial charge in [0.05, 0.1) is 4.92 Å². The fourth-order valence-electron chi connectivity index (χ4n) is 1.12. The molecule has 86 valence electrons. The largest absolute Gasteiger partial charge is 0.480 e. The number of rotatable bonds is 4. The summed E-state index contributed by atoms with van der Waals surface area (Å²) in [5, 5.41) is 21.8. The summed E-state index contributed by atoms with van der Waals surface area (Å²) in [6.07, 6.45) is 0. The van der Waals surface area contributed by atoms with Crippen LogP contribution in [0.3, 0.4) is 0 Å². The SMILES string of the molecule is CC(Nc1ccc([N+](=O)[O-])c(N)c1)C(=O)O. The highest BCUT2D eigenvalue weighted by molar-refractivity contribution is 5.77. The predicted octanol–water partition coefficient (Wildman–Crippen LogP) is 1.06. The third kappa shape index (κ3) is 2.59. The van der Waals surface area contributed by atoms with Gasteiger partial charge >= 0.3 is 5.97 Å². The van der Waals surface area contributed by atoms with E-state index < -0.39 is 16.9 Å². The molecule has 1 aromatic carbocycles. The van der Waals surface area contributed by atoms with Crippen molar-refractivity contribution in [2.45, 2.75) is 13.0 Å². The van der Waals surface area contributed by atoms with Crippen LogP contribution in [0.15, 0.2) is 18.2 Å². The van der Waals surface area contributed by atoms with Crippen molar-refractivity contribution >= 4 is 23.0 Å². The van der Waals surface area contributed by atoms with Crippen LogP contribution in [-0.2, 0) is 4.79 Å². The van der Waals surface area contributed by atoms with Gasteiger partial charge in [0.25, 0.3) is 5.69 Å². The molecule has 1 unspecified atom stereocenters. The van der Waals surface area contributed by atoms with Gasteiger partial charge in [0.15, 0.2) is 0 Å². The summed E-state index contributed by atoms with van der Waals surface area (Å²) in [5.41, 5.74) is 5.67. The standard InChI is InChI=1S/C9H11N3O4/c1-5(9(13)14)11-6-2-3-8(12(15)16)7(10)4-6/h2-5,11H,10H2,1H3,(H,13,14). The van der Waals surface area contributed by atoms with Crippen LogP contribution >= 0.6 is 0 Å². The molecule has 0 radical (unpaired) electrons. The zero-order chi connectivity index (χ0) is 12.3. The second-order valence-electron chi connectivity index (χ2n) is 3.23. The van der Waals surface area contributed by atoms with E-state index in [1.54, 1.807) is 0 Å². The minimum atomic E-state index is -1.02. The number of nitro groups is 1. The number of carboxylic acids is 1. The Labute approximate surface area is 91.0 Å². The van der Waals surface area contributed by atoms with Crippen LogP contribution in [0.2, 0.25) is 0 Å². The van der Waals surface area contributed by atoms with Gasteiger partial charge < -0.3 is 16.2 Å². The zero-order valence-electron chi connectivity index (χ0n) is 8.51. The molecule has 1 atom stereocenters. The number of hydrogen-bond donors (Lipinski definition) is 3. The van der Waals surface area contributed by atoms with Crippen molar-refractivity contribution in [3.63, 3.8) is 0 Å². The first-order valence-corrected chi connectivity index (χ1v) is 4.45. The van der Waals surface area contributed by atoms with E-state index in [0.29, 0.717) is 5.69 Å². The van der Waals surface area contributed by atoms with E-state index >= 15 is 0 Å². The second kappa shape index (κ2) is 4.47. The van der Waals surface area contributed by atoms with Crippen molar-refractivity contribution in [2.24, 2.45) is 0 Å². The molecule has 0 heterocycles. The molecule has 0 saturated carbocycles. The lowest BCUT2D eigenvalue weighted by molar-refractivity contribution is -0.383. The number of nitrogens with two attached hydrogens (primary N) is 1. The molecule has 16 heavy (non-hydrogen) atoms. The number of nitrogens with zero attached hydrogens (tertiary/aromatic N) is 1. The molecule has 0 amide bonds. The smallest absolute Gasteiger partial charge is 0.325 e. The van der Waals surface area contributed by atoms with Gasteiger partial charge in [0, 0.05) is 11.8 Å². The first-order chi connectivity index (χ1) is 7.41. The molecule has 1 aromatic rings. The summed E-state index contributed by atoms with van der Waals surface area (Å²) in [7, 11) is 0. The Morgan fingerprint density at radius 2 is 2.25 bits per heavy atom. The molecule has 7 heteroatoms. The van der Waals surface area contributed by atoms with E-state index in [4.69, 9.17) is 10.8 Å². The van der Waals surface area contributed by atoms with Crippen molar-refractivity contribution in [2.75, 3.05) is 11.1 Å². The minimum absolute atomic E-state index is 0.00686. The summed E-state index contributed by atoms with van der Waals surface area (Å²) < 4.78 is 0. The highest BCUT2D eigenvalue weighted by atomic mass is 16.6. The number of aliphatic carboxylic acids is 1. The number of hydrogen-bond acceptors (Lipinski definition) is 5. The molecule has 0 aliphatic heterocycles. The average molecular weight is 225 g/mol. The van der Waals surface area contributed by atoms with Crippen LogP contribution in [0.25, 0.3) is 0 Å². The molecular weight excluding hydrogens is 214 g/mol. The van der Waals surface area contributed by atoms with E-state index in [0.717, 1.165) is 0 Å². The number of carbonyl (C=O) groups is 1. The highest BCUT2D eigenvalue weighted by Gasteiger charge is 2.14. The number of nitro benzene ring substituents is 1. The zero-order valence-corrected chi connectivity index (χ0v) is 8.51. The summed E-state index contributed by atoms with van der Waals surface area (Å²) in [5.74, 6) is -1.02. The number of anilines is 2. The third-order valence-corrected chi connectivity index (χ3v) is 1.98. The predicted molar refractivity (Wildman–Crippen MR) is 58.2 cm³/mol. The summed E-state index contributed by atoms with van der Waals surface area (Å²) in [6, 6.07) is 3.18. The lowest BCUT2D eigenvalue weighted by Gasteiger charge is -2.10. The quantitative estimate of drug-likeness (QED) is 0.400. The Hall–Kier alpha value is -2.31. The topological polar surface area (TPSA) is 118 Å². The fourth-order valence-corrected chi connectivity index (χ4v) is 1.12. The van der Waals surface area contributed by atoms with Crippen molar-refractivity contribution in [3.8, 4) is 0 Å². The third-order valence-electron chi connectivity index (χ3n) is 1.98. The van der Waals surface area contributed by atoms with Crippen molar-refractivity contribution in [1.82, 2.24) is 0 Å². The normalized spacial score (nSPS) is 11.8. The van der Waals surface area contributed by atoms with Crippen LogP contribution in [0, 0.1) is 10.1 Å². The molecule has 0 aromatic heterocycles. The molecule has 0 aliphatic rings. The van der Waals surface area contributed by atoms with Crippen LogP contribution in [0.4, 0.5) is 17.1 Å². The number of nitrogens with one attached hydrogen (secondary N) is 1. The molecule has 0 saturated heterocycles. The highest BCUT2D eigenvalue weighted by Crippen LogP contribution is 2.24. The average Bonchev–Trinajstić information content (AvgIpc) is 2.16. The Bertz CT molecular complexity index is 433. The molecule has 0 aliphatic carbocycles. The van der Waals surface area contributed by atoms with Crippen LogP contribution < -0.4 is 11.1 Å². The Morgan fingerprint density at radius 3 is 2.69 bits per heavy atom. The van der Waals surface area contributed by atoms with Crippen LogP contribution in [-0.4, -0.2) is 22.0 Å². The first-order valence-electron chi connectivity index (χ1n) is 4.45. The Balaban J connectivity index is 2.89. The molecule has 0 bridgehead atoms. The van der Waals surface area contributed by atoms with E-state index in [9.17, 15) is 14.9 Å². The minimum Gasteiger partial charge on any atom is -0.480 e. The fraction of sp³-hybridized carbons (Fsp3) is 0.222. The molecule has 4 N–H and O–H groups in total. The maximum absolute atomic E-state index is 10.6. The monoisotopic (exact) mass is 225 g/mol. The lowest BCUT2D eigenvalue weighted by atomic mass is 10.2. The van der Waals surface area contributed by atoms with E-state index in [2.05, 4.69) is 5.32 Å². The van der Waals surface area contributed by atoms with Crippen molar-refractivity contribution < 1.29 is 14.8 Å². The summed E-state index contributed by atoms with van der Waals surface area (Å²) in [6.45, 7) is 1.46. The number of nitrogen functional groups attached to an aromatic ring is 1. The van der Waals surface area contributed by atoms with Gasteiger partial charge in [-0.05, 0) is 19.1 Å². The van der Waals surface area contributed by atoms with Crippen LogP contribution in [0.5, 0.6) is 0 Å². The van der Waals surface area contributed by atoms with E-state index in [1.165, 1.54) is 25.1 Å². The number of benzene rings is 1. The van der Waals surface area contributed by atoms with Gasteiger partial charge in [0.2, 0.25) is 0 Å². The van der Waals surface area contributed by atoms with Crippen LogP contribution in [0.1, 0.15) is 6.92 Å². The van der Waals surface area contributed by atoms with E-state index in [-0.39, 0.29) is 11.4 Å². The summed E-state index contributed by atoms with van der Waals surface area (Å²) in [4.78, 5) is 20.4.